The Hall–Kier alpha value is -1.11. The molecule has 21 heavy (non-hydrogen) atoms. The molecular weight excluding hydrogens is 288 g/mol. The maximum absolute atomic E-state index is 12.9. The molecule has 0 aromatic heterocycles. The fourth-order valence-electron chi connectivity index (χ4n) is 3.29. The number of ether oxygens (including phenoxy) is 1. The summed E-state index contributed by atoms with van der Waals surface area (Å²) in [6.07, 6.45) is 1.58. The predicted molar refractivity (Wildman–Crippen MR) is 80.9 cm³/mol. The largest absolute Gasteiger partial charge is 0.487 e. The number of fused-ring (bicyclic) bond motifs is 2. The lowest BCUT2D eigenvalue weighted by Crippen LogP contribution is -2.46. The van der Waals surface area contributed by atoms with Gasteiger partial charge in [0, 0.05) is 13.1 Å². The van der Waals surface area contributed by atoms with E-state index in [2.05, 4.69) is 11.9 Å². The molecule has 0 aliphatic carbocycles. The minimum Gasteiger partial charge on any atom is -0.487 e. The molecule has 2 aliphatic heterocycles. The number of nitrogens with zero attached hydrogens (tertiary/aromatic N) is 2. The van der Waals surface area contributed by atoms with Gasteiger partial charge in [0.05, 0.1) is 6.04 Å². The molecule has 0 saturated carbocycles. The zero-order valence-electron chi connectivity index (χ0n) is 12.5. The number of likely N-dealkylation sites (N-methyl/N-ethyl adjacent to an activating group) is 1. The second kappa shape index (κ2) is 5.59. The number of para-hydroxylation sites is 1. The first-order chi connectivity index (χ1) is 10.0. The van der Waals surface area contributed by atoms with Crippen molar-refractivity contribution < 1.29 is 13.2 Å². The topological polar surface area (TPSA) is 49.9 Å². The van der Waals surface area contributed by atoms with E-state index in [1.807, 2.05) is 13.0 Å². The van der Waals surface area contributed by atoms with Crippen molar-refractivity contribution in [2.45, 2.75) is 36.8 Å². The lowest BCUT2D eigenvalue weighted by atomic mass is 10.1. The molecule has 116 valence electrons. The van der Waals surface area contributed by atoms with Crippen molar-refractivity contribution in [3.63, 3.8) is 0 Å². The molecule has 0 amide bonds. The third kappa shape index (κ3) is 2.56. The quantitative estimate of drug-likeness (QED) is 0.790. The summed E-state index contributed by atoms with van der Waals surface area (Å²) in [5, 5.41) is 0. The van der Waals surface area contributed by atoms with E-state index in [-0.39, 0.29) is 12.1 Å². The Morgan fingerprint density at radius 1 is 1.24 bits per heavy atom. The van der Waals surface area contributed by atoms with Crippen LogP contribution in [0.3, 0.4) is 0 Å². The normalized spacial score (nSPS) is 29.6. The van der Waals surface area contributed by atoms with Crippen LogP contribution in [0.5, 0.6) is 5.75 Å². The van der Waals surface area contributed by atoms with Gasteiger partial charge in [-0.05, 0) is 38.6 Å². The molecule has 1 saturated heterocycles. The Kier molecular flexibility index (Phi) is 3.94. The van der Waals surface area contributed by atoms with Gasteiger partial charge in [0.15, 0.2) is 0 Å². The highest BCUT2D eigenvalue weighted by Gasteiger charge is 2.42. The van der Waals surface area contributed by atoms with Gasteiger partial charge in [-0.2, -0.15) is 4.31 Å². The van der Waals surface area contributed by atoms with Crippen LogP contribution in [0, 0.1) is 0 Å². The molecule has 1 fully saturated rings. The summed E-state index contributed by atoms with van der Waals surface area (Å²) >= 11 is 0. The van der Waals surface area contributed by atoms with Crippen LogP contribution in [-0.4, -0.2) is 56.5 Å². The first kappa shape index (κ1) is 14.8. The molecule has 0 radical (unpaired) electrons. The van der Waals surface area contributed by atoms with Crippen molar-refractivity contribution in [1.82, 2.24) is 9.21 Å². The Labute approximate surface area is 126 Å². The van der Waals surface area contributed by atoms with E-state index in [0.29, 0.717) is 17.2 Å². The van der Waals surface area contributed by atoms with Crippen LogP contribution < -0.4 is 4.74 Å². The van der Waals surface area contributed by atoms with E-state index in [9.17, 15) is 8.42 Å². The molecule has 3 rings (SSSR count). The Balaban J connectivity index is 2.09. The Morgan fingerprint density at radius 2 is 1.95 bits per heavy atom. The summed E-state index contributed by atoms with van der Waals surface area (Å²) in [4.78, 5) is 2.54. The zero-order chi connectivity index (χ0) is 15.0. The monoisotopic (exact) mass is 310 g/mol. The summed E-state index contributed by atoms with van der Waals surface area (Å²) < 4.78 is 33.6. The molecule has 2 atom stereocenters. The minimum atomic E-state index is -3.48. The van der Waals surface area contributed by atoms with Crippen LogP contribution in [0.4, 0.5) is 0 Å². The average molecular weight is 310 g/mol. The second-order valence-corrected chi connectivity index (χ2v) is 7.62. The third-order valence-corrected chi connectivity index (χ3v) is 6.47. The van der Waals surface area contributed by atoms with Crippen LogP contribution in [0.15, 0.2) is 29.2 Å². The van der Waals surface area contributed by atoms with Gasteiger partial charge in [-0.1, -0.05) is 19.1 Å². The van der Waals surface area contributed by atoms with Crippen molar-refractivity contribution in [1.29, 1.82) is 0 Å². The molecule has 1 aromatic rings. The molecule has 1 aromatic carbocycles. The van der Waals surface area contributed by atoms with Crippen LogP contribution in [0.25, 0.3) is 0 Å². The molecule has 2 aliphatic rings. The van der Waals surface area contributed by atoms with Crippen molar-refractivity contribution in [3.05, 3.63) is 24.3 Å². The number of benzene rings is 1. The van der Waals surface area contributed by atoms with E-state index in [1.54, 1.807) is 22.5 Å². The van der Waals surface area contributed by atoms with Crippen LogP contribution in [0.2, 0.25) is 0 Å². The van der Waals surface area contributed by atoms with E-state index in [4.69, 9.17) is 4.74 Å². The van der Waals surface area contributed by atoms with Gasteiger partial charge in [0.2, 0.25) is 10.0 Å². The van der Waals surface area contributed by atoms with Crippen molar-refractivity contribution in [3.8, 4) is 5.75 Å². The van der Waals surface area contributed by atoms with Crippen molar-refractivity contribution in [2.75, 3.05) is 26.7 Å². The van der Waals surface area contributed by atoms with Gasteiger partial charge >= 0.3 is 0 Å². The van der Waals surface area contributed by atoms with Gasteiger partial charge in [-0.25, -0.2) is 8.42 Å². The number of sulfonamides is 1. The first-order valence-corrected chi connectivity index (χ1v) is 8.94. The zero-order valence-corrected chi connectivity index (χ0v) is 13.3. The van der Waals surface area contributed by atoms with Crippen LogP contribution in [-0.2, 0) is 10.0 Å². The molecular formula is C15H22N2O3S. The molecule has 0 unspecified atom stereocenters. The molecule has 6 heteroatoms. The number of hydrogen-bond donors (Lipinski definition) is 0. The lowest BCUT2D eigenvalue weighted by molar-refractivity contribution is 0.115. The van der Waals surface area contributed by atoms with E-state index >= 15 is 0 Å². The molecule has 5 nitrogen and oxygen atoms in total. The van der Waals surface area contributed by atoms with Gasteiger partial charge in [-0.3, -0.25) is 0 Å². The smallest absolute Gasteiger partial charge is 0.247 e. The van der Waals surface area contributed by atoms with Gasteiger partial charge < -0.3 is 9.64 Å². The summed E-state index contributed by atoms with van der Waals surface area (Å²) in [6, 6.07) is 6.90. The van der Waals surface area contributed by atoms with Crippen molar-refractivity contribution >= 4 is 10.0 Å². The van der Waals surface area contributed by atoms with E-state index < -0.39 is 10.0 Å². The van der Waals surface area contributed by atoms with Crippen molar-refractivity contribution in [2.24, 2.45) is 0 Å². The average Bonchev–Trinajstić information content (AvgIpc) is 2.68. The second-order valence-electron chi connectivity index (χ2n) is 5.76. The van der Waals surface area contributed by atoms with Crippen LogP contribution >= 0.6 is 0 Å². The lowest BCUT2D eigenvalue weighted by Gasteiger charge is -2.30. The maximum Gasteiger partial charge on any atom is 0.247 e. The summed E-state index contributed by atoms with van der Waals surface area (Å²) in [7, 11) is -1.41. The predicted octanol–water partition coefficient (Wildman–Crippen LogP) is 1.55. The Bertz CT molecular complexity index is 617. The molecule has 0 N–H and O–H groups in total. The summed E-state index contributed by atoms with van der Waals surface area (Å²) in [5.41, 5.74) is 0. The van der Waals surface area contributed by atoms with Gasteiger partial charge in [0.25, 0.3) is 0 Å². The molecule has 2 heterocycles. The number of likely N-dealkylation sites (tertiary alicyclic amines) is 1. The fraction of sp³-hybridized carbons (Fsp3) is 0.600. The van der Waals surface area contributed by atoms with E-state index in [0.717, 1.165) is 25.9 Å². The maximum atomic E-state index is 12.9. The van der Waals surface area contributed by atoms with Crippen LogP contribution in [0.1, 0.15) is 19.8 Å². The SMILES string of the molecule is CCN1[C@@H]2CCN(C)CC[C@H]2Oc2ccccc2S1(=O)=O. The number of hydrogen-bond acceptors (Lipinski definition) is 4. The summed E-state index contributed by atoms with van der Waals surface area (Å²) in [6.45, 7) is 4.20. The number of rotatable bonds is 1. The highest BCUT2D eigenvalue weighted by atomic mass is 32.2. The minimum absolute atomic E-state index is 0.0756. The van der Waals surface area contributed by atoms with E-state index in [1.165, 1.54) is 0 Å². The molecule has 0 bridgehead atoms. The third-order valence-electron chi connectivity index (χ3n) is 4.43. The molecule has 0 spiro atoms. The summed E-state index contributed by atoms with van der Waals surface area (Å²) in [5.74, 6) is 0.494. The highest BCUT2D eigenvalue weighted by Crippen LogP contribution is 2.35. The standard InChI is InChI=1S/C15H22N2O3S/c1-3-17-12-8-10-16(2)11-9-13(12)20-14-6-4-5-7-15(14)21(17,18)19/h4-7,12-13H,3,8-11H2,1-2H3/t12-,13-/m1/s1. The van der Waals surface area contributed by atoms with Gasteiger partial charge in [0.1, 0.15) is 16.7 Å². The first-order valence-electron chi connectivity index (χ1n) is 7.50. The Morgan fingerprint density at radius 3 is 2.71 bits per heavy atom. The highest BCUT2D eigenvalue weighted by molar-refractivity contribution is 7.89. The fourth-order valence-corrected chi connectivity index (χ4v) is 5.10. The van der Waals surface area contributed by atoms with Gasteiger partial charge in [-0.15, -0.1) is 0 Å².